The summed E-state index contributed by atoms with van der Waals surface area (Å²) in [4.78, 5) is 12.5. The van der Waals surface area contributed by atoms with Crippen LogP contribution >= 0.6 is 11.6 Å². The highest BCUT2D eigenvalue weighted by atomic mass is 35.5. The Morgan fingerprint density at radius 3 is 2.90 bits per heavy atom. The molecule has 0 radical (unpaired) electrons. The van der Waals surface area contributed by atoms with Gasteiger partial charge in [0, 0.05) is 19.5 Å². The van der Waals surface area contributed by atoms with Crippen molar-refractivity contribution in [2.75, 3.05) is 6.54 Å². The molecule has 1 heterocycles. The maximum Gasteiger partial charge on any atom is 0.145 e. The zero-order valence-corrected chi connectivity index (χ0v) is 12.2. The summed E-state index contributed by atoms with van der Waals surface area (Å²) in [6, 6.07) is 12.5. The van der Waals surface area contributed by atoms with Gasteiger partial charge in [-0.1, -0.05) is 41.9 Å². The molecule has 0 saturated heterocycles. The lowest BCUT2D eigenvalue weighted by Crippen LogP contribution is -2.33. The van der Waals surface area contributed by atoms with Crippen LogP contribution in [-0.4, -0.2) is 12.3 Å². The molecule has 1 atom stereocenters. The van der Waals surface area contributed by atoms with Crippen molar-refractivity contribution in [2.45, 2.75) is 18.9 Å². The number of hydrogen-bond acceptors (Lipinski definition) is 2. The molecule has 2 aromatic rings. The first-order chi connectivity index (χ1) is 10.1. The van der Waals surface area contributed by atoms with Crippen molar-refractivity contribution in [1.29, 1.82) is 0 Å². The van der Waals surface area contributed by atoms with Crippen LogP contribution in [-0.2, 0) is 17.8 Å². The Morgan fingerprint density at radius 1 is 1.29 bits per heavy atom. The molecule has 0 aliphatic carbocycles. The van der Waals surface area contributed by atoms with Gasteiger partial charge in [-0.25, -0.2) is 4.39 Å². The molecule has 108 valence electrons. The van der Waals surface area contributed by atoms with Crippen LogP contribution in [0.25, 0.3) is 0 Å². The predicted octanol–water partition coefficient (Wildman–Crippen LogP) is 3.48. The van der Waals surface area contributed by atoms with Gasteiger partial charge >= 0.3 is 0 Å². The normalized spacial score (nSPS) is 17.3. The zero-order chi connectivity index (χ0) is 14.8. The van der Waals surface area contributed by atoms with Crippen molar-refractivity contribution >= 4 is 17.4 Å². The van der Waals surface area contributed by atoms with Crippen molar-refractivity contribution in [2.24, 2.45) is 0 Å². The van der Waals surface area contributed by atoms with Gasteiger partial charge < -0.3 is 5.32 Å². The first kappa shape index (κ1) is 14.2. The van der Waals surface area contributed by atoms with Crippen LogP contribution in [0.5, 0.6) is 0 Å². The smallest absolute Gasteiger partial charge is 0.145 e. The number of halogens is 2. The topological polar surface area (TPSA) is 29.1 Å². The van der Waals surface area contributed by atoms with Gasteiger partial charge in [0.25, 0.3) is 0 Å². The molecule has 0 fully saturated rings. The number of fused-ring (bicyclic) bond motifs is 1. The van der Waals surface area contributed by atoms with Crippen LogP contribution in [0.1, 0.15) is 22.6 Å². The number of carbonyl (C=O) groups is 1. The van der Waals surface area contributed by atoms with Crippen molar-refractivity contribution in [1.82, 2.24) is 5.32 Å². The molecule has 2 aromatic carbocycles. The summed E-state index contributed by atoms with van der Waals surface area (Å²) in [5, 5.41) is 3.34. The fourth-order valence-electron chi connectivity index (χ4n) is 2.76. The van der Waals surface area contributed by atoms with E-state index in [1.54, 1.807) is 6.07 Å². The molecule has 0 aromatic heterocycles. The van der Waals surface area contributed by atoms with Crippen LogP contribution in [0.3, 0.4) is 0 Å². The van der Waals surface area contributed by atoms with Gasteiger partial charge in [0.05, 0.1) is 10.9 Å². The van der Waals surface area contributed by atoms with Gasteiger partial charge in [0.1, 0.15) is 11.6 Å². The third-order valence-corrected chi connectivity index (χ3v) is 4.15. The first-order valence-corrected chi connectivity index (χ1v) is 7.28. The average molecular weight is 304 g/mol. The summed E-state index contributed by atoms with van der Waals surface area (Å²) in [5.74, 6) is -0.561. The van der Waals surface area contributed by atoms with E-state index in [1.807, 2.05) is 24.3 Å². The van der Waals surface area contributed by atoms with Gasteiger partial charge in [0.15, 0.2) is 0 Å². The zero-order valence-electron chi connectivity index (χ0n) is 11.4. The van der Waals surface area contributed by atoms with E-state index < -0.39 is 5.82 Å². The molecule has 4 heteroatoms. The lowest BCUT2D eigenvalue weighted by molar-refractivity contribution is -0.119. The van der Waals surface area contributed by atoms with E-state index in [2.05, 4.69) is 5.32 Å². The summed E-state index contributed by atoms with van der Waals surface area (Å²) < 4.78 is 13.5. The van der Waals surface area contributed by atoms with Crippen LogP contribution in [0, 0.1) is 5.82 Å². The Hall–Kier alpha value is -1.71. The molecule has 0 bridgehead atoms. The second kappa shape index (κ2) is 5.96. The number of carbonyl (C=O) groups excluding carboxylic acids is 1. The molecule has 0 amide bonds. The molecular formula is C17H15ClFNO. The molecule has 0 saturated carbocycles. The van der Waals surface area contributed by atoms with Crippen molar-refractivity contribution in [3.63, 3.8) is 0 Å². The van der Waals surface area contributed by atoms with E-state index in [0.717, 1.165) is 17.7 Å². The maximum atomic E-state index is 13.5. The third kappa shape index (κ3) is 2.99. The van der Waals surface area contributed by atoms with Gasteiger partial charge in [-0.15, -0.1) is 0 Å². The van der Waals surface area contributed by atoms with E-state index in [-0.39, 0.29) is 23.1 Å². The van der Waals surface area contributed by atoms with Crippen molar-refractivity contribution < 1.29 is 9.18 Å². The first-order valence-electron chi connectivity index (χ1n) is 6.90. The Balaban J connectivity index is 1.81. The van der Waals surface area contributed by atoms with Crippen LogP contribution in [0.4, 0.5) is 4.39 Å². The second-order valence-corrected chi connectivity index (χ2v) is 5.68. The maximum absolute atomic E-state index is 13.5. The molecule has 0 spiro atoms. The molecule has 2 nitrogen and oxygen atoms in total. The Bertz CT molecular complexity index is 686. The molecule has 1 unspecified atom stereocenters. The number of benzene rings is 2. The molecular weight excluding hydrogens is 289 g/mol. The van der Waals surface area contributed by atoms with Crippen LogP contribution in [0.15, 0.2) is 42.5 Å². The highest BCUT2D eigenvalue weighted by Gasteiger charge is 2.25. The highest BCUT2D eigenvalue weighted by Crippen LogP contribution is 2.26. The summed E-state index contributed by atoms with van der Waals surface area (Å²) in [7, 11) is 0. The molecule has 1 aliphatic heterocycles. The lowest BCUT2D eigenvalue weighted by atomic mass is 9.85. The van der Waals surface area contributed by atoms with Gasteiger partial charge in [-0.3, -0.25) is 4.79 Å². The summed E-state index contributed by atoms with van der Waals surface area (Å²) in [5.41, 5.74) is 2.89. The largest absolute Gasteiger partial charge is 0.312 e. The number of Topliss-reactive ketones (excluding diaryl/α,β-unsaturated/α-hetero) is 1. The molecule has 1 N–H and O–H groups in total. The van der Waals surface area contributed by atoms with E-state index in [4.69, 9.17) is 11.6 Å². The van der Waals surface area contributed by atoms with Crippen LogP contribution in [0.2, 0.25) is 5.02 Å². The predicted molar refractivity (Wildman–Crippen MR) is 81.0 cm³/mol. The SMILES string of the molecule is O=C(Cc1ccc(Cl)c(F)c1)C1CNCc2ccccc21. The third-order valence-electron chi connectivity index (χ3n) is 3.85. The second-order valence-electron chi connectivity index (χ2n) is 5.27. The van der Waals surface area contributed by atoms with Gasteiger partial charge in [-0.05, 0) is 28.8 Å². The Morgan fingerprint density at radius 2 is 2.10 bits per heavy atom. The summed E-state index contributed by atoms with van der Waals surface area (Å²) in [6.45, 7) is 1.42. The standard InChI is InChI=1S/C17H15ClFNO/c18-15-6-5-11(7-16(15)19)8-17(21)14-10-20-9-12-3-1-2-4-13(12)14/h1-7,14,20H,8-10H2. The molecule has 21 heavy (non-hydrogen) atoms. The number of rotatable bonds is 3. The summed E-state index contributed by atoms with van der Waals surface area (Å²) in [6.07, 6.45) is 0.217. The number of nitrogens with one attached hydrogen (secondary N) is 1. The molecule has 3 rings (SSSR count). The van der Waals surface area contributed by atoms with Crippen LogP contribution < -0.4 is 5.32 Å². The van der Waals surface area contributed by atoms with E-state index in [9.17, 15) is 9.18 Å². The van der Waals surface area contributed by atoms with Gasteiger partial charge in [-0.2, -0.15) is 0 Å². The van der Waals surface area contributed by atoms with E-state index >= 15 is 0 Å². The average Bonchev–Trinajstić information content (AvgIpc) is 2.50. The minimum atomic E-state index is -0.482. The van der Waals surface area contributed by atoms with Gasteiger partial charge in [0.2, 0.25) is 0 Å². The monoisotopic (exact) mass is 303 g/mol. The fraction of sp³-hybridized carbons (Fsp3) is 0.235. The molecule has 1 aliphatic rings. The minimum absolute atomic E-state index is 0.0795. The van der Waals surface area contributed by atoms with E-state index in [1.165, 1.54) is 12.1 Å². The fourth-order valence-corrected chi connectivity index (χ4v) is 2.88. The number of hydrogen-bond donors (Lipinski definition) is 1. The quantitative estimate of drug-likeness (QED) is 0.940. The highest BCUT2D eigenvalue weighted by molar-refractivity contribution is 6.30. The Kier molecular flexibility index (Phi) is 4.04. The minimum Gasteiger partial charge on any atom is -0.312 e. The van der Waals surface area contributed by atoms with Crippen molar-refractivity contribution in [3.8, 4) is 0 Å². The number of ketones is 1. The Labute approximate surface area is 127 Å². The lowest BCUT2D eigenvalue weighted by Gasteiger charge is -2.25. The van der Waals surface area contributed by atoms with E-state index in [0.29, 0.717) is 12.1 Å². The summed E-state index contributed by atoms with van der Waals surface area (Å²) >= 11 is 5.66. The van der Waals surface area contributed by atoms with Crippen molar-refractivity contribution in [3.05, 3.63) is 70.0 Å².